The van der Waals surface area contributed by atoms with Gasteiger partial charge in [-0.25, -0.2) is 4.98 Å². The molecular weight excluding hydrogens is 344 g/mol. The van der Waals surface area contributed by atoms with Crippen LogP contribution >= 0.6 is 0 Å². The van der Waals surface area contributed by atoms with Crippen molar-refractivity contribution < 1.29 is 9.90 Å². The van der Waals surface area contributed by atoms with Crippen LogP contribution < -0.4 is 9.80 Å². The number of rotatable bonds is 4. The minimum Gasteiger partial charge on any atom is -0.391 e. The van der Waals surface area contributed by atoms with Gasteiger partial charge in [-0.1, -0.05) is 0 Å². The first-order chi connectivity index (χ1) is 13.2. The molecule has 0 aromatic carbocycles. The van der Waals surface area contributed by atoms with Crippen molar-refractivity contribution in [3.8, 4) is 0 Å². The lowest BCUT2D eigenvalue weighted by Crippen LogP contribution is -2.50. The number of amides is 1. The van der Waals surface area contributed by atoms with Gasteiger partial charge in [0.05, 0.1) is 12.6 Å². The number of aromatic nitrogens is 2. The Labute approximate surface area is 160 Å². The number of hydrogen-bond donors (Lipinski definition) is 1. The molecule has 3 fully saturated rings. The minimum atomic E-state index is -0.270. The molecule has 0 saturated carbocycles. The SMILES string of the molecule is O=C(CN1CCN(c2nccc(N3CCC[C@H](O)C3)n2)CC1)N1CCCC1. The summed E-state index contributed by atoms with van der Waals surface area (Å²) in [5.74, 6) is 1.91. The summed E-state index contributed by atoms with van der Waals surface area (Å²) in [6.07, 6.45) is 5.68. The van der Waals surface area contributed by atoms with Gasteiger partial charge < -0.3 is 19.8 Å². The molecule has 0 radical (unpaired) electrons. The average molecular weight is 374 g/mol. The maximum atomic E-state index is 12.3. The van der Waals surface area contributed by atoms with Crippen LogP contribution in [-0.2, 0) is 4.79 Å². The first-order valence-corrected chi connectivity index (χ1v) is 10.2. The largest absolute Gasteiger partial charge is 0.391 e. The molecule has 0 spiro atoms. The number of likely N-dealkylation sites (tertiary alicyclic amines) is 1. The molecule has 4 heterocycles. The molecule has 1 N–H and O–H groups in total. The first-order valence-electron chi connectivity index (χ1n) is 10.2. The second-order valence-corrected chi connectivity index (χ2v) is 7.81. The summed E-state index contributed by atoms with van der Waals surface area (Å²) < 4.78 is 0. The minimum absolute atomic E-state index is 0.267. The highest BCUT2D eigenvalue weighted by Gasteiger charge is 2.25. The molecule has 3 aliphatic rings. The zero-order valence-electron chi connectivity index (χ0n) is 16.0. The van der Waals surface area contributed by atoms with Crippen molar-refractivity contribution in [2.45, 2.75) is 31.8 Å². The molecule has 1 aromatic rings. The standard InChI is InChI=1S/C19H30N6O2/c26-16-4-3-9-25(14-16)17-5-6-20-19(21-17)24-12-10-22(11-13-24)15-18(27)23-7-1-2-8-23/h5-6,16,26H,1-4,7-15H2/t16-/m0/s1. The van der Waals surface area contributed by atoms with Crippen molar-refractivity contribution in [3.05, 3.63) is 12.3 Å². The fourth-order valence-corrected chi connectivity index (χ4v) is 4.19. The van der Waals surface area contributed by atoms with Gasteiger partial charge in [0, 0.05) is 58.6 Å². The number of carbonyl (C=O) groups is 1. The van der Waals surface area contributed by atoms with Crippen LogP contribution in [0.3, 0.4) is 0 Å². The molecule has 1 aromatic heterocycles. The van der Waals surface area contributed by atoms with E-state index in [1.54, 1.807) is 0 Å². The third kappa shape index (κ3) is 4.50. The van der Waals surface area contributed by atoms with Crippen LogP contribution in [0, 0.1) is 0 Å². The van der Waals surface area contributed by atoms with Gasteiger partial charge in [-0.05, 0) is 31.7 Å². The zero-order valence-corrected chi connectivity index (χ0v) is 16.0. The van der Waals surface area contributed by atoms with E-state index in [1.165, 1.54) is 0 Å². The number of aliphatic hydroxyl groups excluding tert-OH is 1. The van der Waals surface area contributed by atoms with Crippen LogP contribution in [0.2, 0.25) is 0 Å². The van der Waals surface area contributed by atoms with Gasteiger partial charge in [0.1, 0.15) is 5.82 Å². The Morgan fingerprint density at radius 2 is 1.81 bits per heavy atom. The number of hydrogen-bond acceptors (Lipinski definition) is 7. The molecule has 8 nitrogen and oxygen atoms in total. The van der Waals surface area contributed by atoms with Crippen molar-refractivity contribution in [1.82, 2.24) is 19.8 Å². The second-order valence-electron chi connectivity index (χ2n) is 7.81. The quantitative estimate of drug-likeness (QED) is 0.806. The first kappa shape index (κ1) is 18.4. The summed E-state index contributed by atoms with van der Waals surface area (Å²) in [5.41, 5.74) is 0. The zero-order chi connectivity index (χ0) is 18.6. The van der Waals surface area contributed by atoms with Gasteiger partial charge in [-0.3, -0.25) is 9.69 Å². The van der Waals surface area contributed by atoms with Crippen molar-refractivity contribution in [1.29, 1.82) is 0 Å². The van der Waals surface area contributed by atoms with Crippen LogP contribution in [0.25, 0.3) is 0 Å². The van der Waals surface area contributed by atoms with E-state index in [0.717, 1.165) is 83.3 Å². The number of piperazine rings is 1. The van der Waals surface area contributed by atoms with Crippen LogP contribution in [-0.4, -0.2) is 95.8 Å². The van der Waals surface area contributed by atoms with Crippen molar-refractivity contribution in [2.75, 3.05) is 68.7 Å². The van der Waals surface area contributed by atoms with E-state index < -0.39 is 0 Å². The van der Waals surface area contributed by atoms with Crippen molar-refractivity contribution in [3.63, 3.8) is 0 Å². The Balaban J connectivity index is 1.31. The van der Waals surface area contributed by atoms with Crippen LogP contribution in [0.1, 0.15) is 25.7 Å². The van der Waals surface area contributed by atoms with Crippen molar-refractivity contribution >= 4 is 17.7 Å². The highest BCUT2D eigenvalue weighted by molar-refractivity contribution is 5.78. The molecule has 0 unspecified atom stereocenters. The van der Waals surface area contributed by atoms with E-state index in [1.807, 2.05) is 17.2 Å². The molecule has 27 heavy (non-hydrogen) atoms. The van der Waals surface area contributed by atoms with Gasteiger partial charge >= 0.3 is 0 Å². The maximum Gasteiger partial charge on any atom is 0.236 e. The normalized spacial score (nSPS) is 24.5. The van der Waals surface area contributed by atoms with Gasteiger partial charge in [0.25, 0.3) is 0 Å². The predicted molar refractivity (Wildman–Crippen MR) is 104 cm³/mol. The molecule has 1 amide bonds. The van der Waals surface area contributed by atoms with Gasteiger partial charge in [0.15, 0.2) is 0 Å². The highest BCUT2D eigenvalue weighted by Crippen LogP contribution is 2.20. The van der Waals surface area contributed by atoms with E-state index in [4.69, 9.17) is 4.98 Å². The maximum absolute atomic E-state index is 12.3. The highest BCUT2D eigenvalue weighted by atomic mass is 16.3. The lowest BCUT2D eigenvalue weighted by atomic mass is 10.1. The van der Waals surface area contributed by atoms with Crippen LogP contribution in [0.5, 0.6) is 0 Å². The Kier molecular flexibility index (Phi) is 5.73. The molecule has 3 aliphatic heterocycles. The smallest absolute Gasteiger partial charge is 0.236 e. The number of piperidine rings is 1. The van der Waals surface area contributed by atoms with E-state index in [9.17, 15) is 9.90 Å². The lowest BCUT2D eigenvalue weighted by molar-refractivity contribution is -0.131. The third-order valence-corrected chi connectivity index (χ3v) is 5.82. The Bertz CT molecular complexity index is 643. The summed E-state index contributed by atoms with van der Waals surface area (Å²) in [6.45, 7) is 7.32. The average Bonchev–Trinajstić information content (AvgIpc) is 3.24. The lowest BCUT2D eigenvalue weighted by Gasteiger charge is -2.36. The Hall–Kier alpha value is -1.93. The second kappa shape index (κ2) is 8.39. The monoisotopic (exact) mass is 374 g/mol. The molecule has 3 saturated heterocycles. The van der Waals surface area contributed by atoms with E-state index >= 15 is 0 Å². The number of β-amino-alcohol motifs (C(OH)–C–C–N with tert-alkyl or cyclic N) is 1. The van der Waals surface area contributed by atoms with E-state index in [0.29, 0.717) is 13.1 Å². The van der Waals surface area contributed by atoms with E-state index in [2.05, 4.69) is 19.7 Å². The summed E-state index contributed by atoms with van der Waals surface area (Å²) in [7, 11) is 0. The molecule has 0 bridgehead atoms. The Morgan fingerprint density at radius 3 is 2.56 bits per heavy atom. The molecule has 1 atom stereocenters. The molecule has 4 rings (SSSR count). The van der Waals surface area contributed by atoms with Gasteiger partial charge in [0.2, 0.25) is 11.9 Å². The Morgan fingerprint density at radius 1 is 1.04 bits per heavy atom. The van der Waals surface area contributed by atoms with Gasteiger partial charge in [-0.2, -0.15) is 4.98 Å². The van der Waals surface area contributed by atoms with Crippen molar-refractivity contribution in [2.24, 2.45) is 0 Å². The number of aliphatic hydroxyl groups is 1. The molecule has 148 valence electrons. The molecule has 0 aliphatic carbocycles. The summed E-state index contributed by atoms with van der Waals surface area (Å²) in [4.78, 5) is 30.1. The summed E-state index contributed by atoms with van der Waals surface area (Å²) >= 11 is 0. The molecule has 8 heteroatoms. The summed E-state index contributed by atoms with van der Waals surface area (Å²) in [6, 6.07) is 1.92. The van der Waals surface area contributed by atoms with Crippen LogP contribution in [0.15, 0.2) is 12.3 Å². The number of carbonyl (C=O) groups excluding carboxylic acids is 1. The third-order valence-electron chi connectivity index (χ3n) is 5.82. The predicted octanol–water partition coefficient (Wildman–Crippen LogP) is 0.182. The molecular formula is C19H30N6O2. The summed E-state index contributed by atoms with van der Waals surface area (Å²) in [5, 5.41) is 9.91. The fourth-order valence-electron chi connectivity index (χ4n) is 4.19. The van der Waals surface area contributed by atoms with Gasteiger partial charge in [-0.15, -0.1) is 0 Å². The number of anilines is 2. The van der Waals surface area contributed by atoms with E-state index in [-0.39, 0.29) is 12.0 Å². The fraction of sp³-hybridized carbons (Fsp3) is 0.737. The van der Waals surface area contributed by atoms with Crippen LogP contribution in [0.4, 0.5) is 11.8 Å². The number of nitrogens with zero attached hydrogens (tertiary/aromatic N) is 6. The topological polar surface area (TPSA) is 76.0 Å².